The summed E-state index contributed by atoms with van der Waals surface area (Å²) in [4.78, 5) is 55.7. The quantitative estimate of drug-likeness (QED) is 0.722. The topological polar surface area (TPSA) is 90.0 Å². The fraction of sp³-hybridized carbons (Fsp3) is 0.565. The number of hydrogen-bond donors (Lipinski definition) is 1. The van der Waals surface area contributed by atoms with Gasteiger partial charge in [0.05, 0.1) is 0 Å². The Morgan fingerprint density at radius 3 is 2.31 bits per heavy atom. The van der Waals surface area contributed by atoms with Gasteiger partial charge in [0.15, 0.2) is 0 Å². The molecule has 1 N–H and O–H groups in total. The number of halogens is 1. The second kappa shape index (κ2) is 8.52. The minimum Gasteiger partial charge on any atom is -0.342 e. The van der Waals surface area contributed by atoms with Crippen molar-refractivity contribution in [3.05, 3.63) is 35.6 Å². The van der Waals surface area contributed by atoms with E-state index >= 15 is 0 Å². The summed E-state index contributed by atoms with van der Waals surface area (Å²) >= 11 is 0. The number of hydrogen-bond acceptors (Lipinski definition) is 4. The van der Waals surface area contributed by atoms with E-state index in [1.54, 1.807) is 15.9 Å². The number of nitrogens with one attached hydrogen (secondary N) is 1. The lowest BCUT2D eigenvalue weighted by Crippen LogP contribution is -2.57. The molecule has 0 aromatic heterocycles. The van der Waals surface area contributed by atoms with Crippen molar-refractivity contribution in [3.63, 3.8) is 0 Å². The number of piperidine rings is 2. The van der Waals surface area contributed by atoms with Gasteiger partial charge in [0, 0.05) is 43.7 Å². The largest absolute Gasteiger partial charge is 0.342 e. The van der Waals surface area contributed by atoms with Crippen LogP contribution in [-0.2, 0) is 9.59 Å². The molecule has 4 rings (SSSR count). The van der Waals surface area contributed by atoms with Crippen LogP contribution < -0.4 is 5.32 Å². The van der Waals surface area contributed by atoms with Gasteiger partial charge in [-0.25, -0.2) is 9.18 Å². The van der Waals surface area contributed by atoms with Crippen LogP contribution >= 0.6 is 0 Å². The molecule has 1 spiro atoms. The Labute approximate surface area is 186 Å². The summed E-state index contributed by atoms with van der Waals surface area (Å²) in [6.07, 6.45) is 1.77. The van der Waals surface area contributed by atoms with E-state index in [0.29, 0.717) is 57.4 Å². The molecule has 3 saturated heterocycles. The van der Waals surface area contributed by atoms with E-state index in [4.69, 9.17) is 0 Å². The lowest BCUT2D eigenvalue weighted by molar-refractivity contribution is -0.141. The number of benzene rings is 1. The highest BCUT2D eigenvalue weighted by Crippen LogP contribution is 2.33. The van der Waals surface area contributed by atoms with E-state index in [2.05, 4.69) is 5.32 Å². The molecule has 0 saturated carbocycles. The molecule has 0 unspecified atom stereocenters. The van der Waals surface area contributed by atoms with Gasteiger partial charge in [-0.1, -0.05) is 19.9 Å². The Kier molecular flexibility index (Phi) is 5.92. The average molecular weight is 445 g/mol. The molecule has 5 amide bonds. The molecule has 1 aromatic carbocycles. The molecule has 3 aliphatic rings. The average Bonchev–Trinajstić information content (AvgIpc) is 3.02. The van der Waals surface area contributed by atoms with Crippen molar-refractivity contribution in [1.82, 2.24) is 20.0 Å². The smallest absolute Gasteiger partial charge is 0.325 e. The summed E-state index contributed by atoms with van der Waals surface area (Å²) in [5, 5.41) is 2.90. The SMILES string of the molecule is CC(C)C(=O)N1CCC2(CC1)NC(=O)N(C1CCN(C(=O)c3cccc(F)c3)CC1)C2=O. The molecule has 1 aromatic rings. The predicted molar refractivity (Wildman–Crippen MR) is 114 cm³/mol. The lowest BCUT2D eigenvalue weighted by Gasteiger charge is -2.39. The molecule has 8 nitrogen and oxygen atoms in total. The molecule has 0 bridgehead atoms. The van der Waals surface area contributed by atoms with Gasteiger partial charge in [0.25, 0.3) is 11.8 Å². The van der Waals surface area contributed by atoms with Crippen LogP contribution in [0.3, 0.4) is 0 Å². The third-order valence-corrected chi connectivity index (χ3v) is 6.80. The predicted octanol–water partition coefficient (Wildman–Crippen LogP) is 2.00. The maximum Gasteiger partial charge on any atom is 0.325 e. The first-order valence-corrected chi connectivity index (χ1v) is 11.2. The second-order valence-electron chi connectivity index (χ2n) is 9.20. The van der Waals surface area contributed by atoms with Crippen molar-refractivity contribution >= 4 is 23.8 Å². The summed E-state index contributed by atoms with van der Waals surface area (Å²) < 4.78 is 13.4. The molecule has 0 aliphatic carbocycles. The van der Waals surface area contributed by atoms with Crippen LogP contribution in [0.25, 0.3) is 0 Å². The highest BCUT2D eigenvalue weighted by molar-refractivity contribution is 6.07. The van der Waals surface area contributed by atoms with Gasteiger partial charge in [0.2, 0.25) is 5.91 Å². The molecule has 172 valence electrons. The van der Waals surface area contributed by atoms with Gasteiger partial charge >= 0.3 is 6.03 Å². The number of carbonyl (C=O) groups excluding carboxylic acids is 4. The first-order valence-electron chi connectivity index (χ1n) is 11.2. The normalized spacial score (nSPS) is 21.4. The third-order valence-electron chi connectivity index (χ3n) is 6.80. The highest BCUT2D eigenvalue weighted by atomic mass is 19.1. The van der Waals surface area contributed by atoms with Crippen molar-refractivity contribution in [3.8, 4) is 0 Å². The summed E-state index contributed by atoms with van der Waals surface area (Å²) in [6, 6.07) is 4.91. The molecule has 3 heterocycles. The Balaban J connectivity index is 1.37. The van der Waals surface area contributed by atoms with Gasteiger partial charge in [-0.05, 0) is 43.9 Å². The van der Waals surface area contributed by atoms with Crippen LogP contribution in [-0.4, -0.2) is 76.2 Å². The van der Waals surface area contributed by atoms with Crippen LogP contribution in [0.1, 0.15) is 49.9 Å². The van der Waals surface area contributed by atoms with E-state index in [-0.39, 0.29) is 29.7 Å². The summed E-state index contributed by atoms with van der Waals surface area (Å²) in [5.41, 5.74) is -0.653. The van der Waals surface area contributed by atoms with E-state index in [9.17, 15) is 23.6 Å². The Bertz CT molecular complexity index is 934. The minimum absolute atomic E-state index is 0.0591. The number of rotatable bonds is 3. The molecule has 3 fully saturated rings. The maximum atomic E-state index is 13.4. The zero-order valence-corrected chi connectivity index (χ0v) is 18.5. The zero-order valence-electron chi connectivity index (χ0n) is 18.5. The molecule has 9 heteroatoms. The van der Waals surface area contributed by atoms with Crippen LogP contribution in [0, 0.1) is 11.7 Å². The number of amides is 5. The monoisotopic (exact) mass is 444 g/mol. The molecule has 0 atom stereocenters. The molecular formula is C23H29FN4O4. The van der Waals surface area contributed by atoms with Crippen molar-refractivity contribution in [2.45, 2.75) is 51.1 Å². The van der Waals surface area contributed by atoms with Gasteiger partial charge in [-0.2, -0.15) is 0 Å². The fourth-order valence-electron chi connectivity index (χ4n) is 4.92. The third kappa shape index (κ3) is 3.96. The standard InChI is InChI=1S/C23H29FN4O4/c1-15(2)19(29)27-12-8-23(9-13-27)21(31)28(22(32)25-23)18-6-10-26(11-7-18)20(30)16-4-3-5-17(24)14-16/h3-5,14-15,18H,6-13H2,1-2H3,(H,25,32). The highest BCUT2D eigenvalue weighted by Gasteiger charge is 2.54. The molecule has 0 radical (unpaired) electrons. The Morgan fingerprint density at radius 2 is 1.72 bits per heavy atom. The number of urea groups is 1. The minimum atomic E-state index is -0.945. The van der Waals surface area contributed by atoms with Crippen molar-refractivity contribution in [2.75, 3.05) is 26.2 Å². The summed E-state index contributed by atoms with van der Waals surface area (Å²) in [7, 11) is 0. The molecular weight excluding hydrogens is 415 g/mol. The number of nitrogens with zero attached hydrogens (tertiary/aromatic N) is 3. The number of carbonyl (C=O) groups is 4. The molecule has 32 heavy (non-hydrogen) atoms. The van der Waals surface area contributed by atoms with E-state index in [1.165, 1.54) is 23.1 Å². The first kappa shape index (κ1) is 22.2. The second-order valence-corrected chi connectivity index (χ2v) is 9.20. The van der Waals surface area contributed by atoms with Crippen LogP contribution in [0.15, 0.2) is 24.3 Å². The van der Waals surface area contributed by atoms with Crippen molar-refractivity contribution in [2.24, 2.45) is 5.92 Å². The Hall–Kier alpha value is -2.97. The van der Waals surface area contributed by atoms with Crippen molar-refractivity contribution < 1.29 is 23.6 Å². The van der Waals surface area contributed by atoms with Crippen LogP contribution in [0.2, 0.25) is 0 Å². The van der Waals surface area contributed by atoms with Gasteiger partial charge < -0.3 is 15.1 Å². The van der Waals surface area contributed by atoms with Gasteiger partial charge in [-0.3, -0.25) is 19.3 Å². The van der Waals surface area contributed by atoms with Gasteiger partial charge in [0.1, 0.15) is 11.4 Å². The van der Waals surface area contributed by atoms with Crippen LogP contribution in [0.4, 0.5) is 9.18 Å². The van der Waals surface area contributed by atoms with E-state index in [1.807, 2.05) is 13.8 Å². The zero-order chi connectivity index (χ0) is 23.0. The first-order chi connectivity index (χ1) is 15.2. The van der Waals surface area contributed by atoms with Gasteiger partial charge in [-0.15, -0.1) is 0 Å². The van der Waals surface area contributed by atoms with E-state index in [0.717, 1.165) is 0 Å². The fourth-order valence-corrected chi connectivity index (χ4v) is 4.92. The maximum absolute atomic E-state index is 13.4. The lowest BCUT2D eigenvalue weighted by atomic mass is 9.86. The van der Waals surface area contributed by atoms with E-state index < -0.39 is 17.4 Å². The van der Waals surface area contributed by atoms with Crippen molar-refractivity contribution in [1.29, 1.82) is 0 Å². The molecule has 3 aliphatic heterocycles. The Morgan fingerprint density at radius 1 is 1.06 bits per heavy atom. The summed E-state index contributed by atoms with van der Waals surface area (Å²) in [5.74, 6) is -0.983. The number of likely N-dealkylation sites (tertiary alicyclic amines) is 2. The van der Waals surface area contributed by atoms with Crippen LogP contribution in [0.5, 0.6) is 0 Å². The summed E-state index contributed by atoms with van der Waals surface area (Å²) in [6.45, 7) is 5.36. The number of imide groups is 1.